The molecule has 3 N–H and O–H groups in total. The van der Waals surface area contributed by atoms with Crippen LogP contribution >= 0.6 is 15.9 Å². The third kappa shape index (κ3) is 3.01. The van der Waals surface area contributed by atoms with Crippen LogP contribution in [-0.4, -0.2) is 23.6 Å². The van der Waals surface area contributed by atoms with E-state index in [-0.39, 0.29) is 6.61 Å². The number of phenols is 1. The Labute approximate surface area is 115 Å². The van der Waals surface area contributed by atoms with Crippen molar-refractivity contribution in [2.24, 2.45) is 5.73 Å². The zero-order chi connectivity index (χ0) is 14.8. The first kappa shape index (κ1) is 15.8. The van der Waals surface area contributed by atoms with Crippen molar-refractivity contribution in [3.63, 3.8) is 0 Å². The maximum Gasteiger partial charge on any atom is 0.379 e. The average Bonchev–Trinajstić information content (AvgIpc) is 2.35. The van der Waals surface area contributed by atoms with Crippen molar-refractivity contribution in [3.05, 3.63) is 28.0 Å². The van der Waals surface area contributed by atoms with E-state index in [2.05, 4.69) is 20.7 Å². The van der Waals surface area contributed by atoms with Gasteiger partial charge in [0.2, 0.25) is 0 Å². The van der Waals surface area contributed by atoms with E-state index in [4.69, 9.17) is 5.73 Å². The van der Waals surface area contributed by atoms with Gasteiger partial charge in [-0.3, -0.25) is 0 Å². The van der Waals surface area contributed by atoms with Crippen molar-refractivity contribution in [1.29, 1.82) is 0 Å². The maximum atomic E-state index is 13.7. The van der Waals surface area contributed by atoms with Gasteiger partial charge in [-0.05, 0) is 28.9 Å². The molecule has 19 heavy (non-hydrogen) atoms. The molecule has 0 spiro atoms. The Morgan fingerprint density at radius 1 is 1.58 bits per heavy atom. The summed E-state index contributed by atoms with van der Waals surface area (Å²) in [6.45, 7) is 1.13. The topological polar surface area (TPSA) is 72.5 Å². The minimum Gasteiger partial charge on any atom is -0.506 e. The zero-order valence-corrected chi connectivity index (χ0v) is 11.4. The number of ether oxygens (including phenoxy) is 1. The Morgan fingerprint density at radius 3 is 2.68 bits per heavy atom. The van der Waals surface area contributed by atoms with Crippen molar-refractivity contribution in [2.45, 2.75) is 18.9 Å². The number of alkyl halides is 2. The van der Waals surface area contributed by atoms with E-state index in [1.807, 2.05) is 0 Å². The smallest absolute Gasteiger partial charge is 0.379 e. The fourth-order valence-electron chi connectivity index (χ4n) is 1.36. The number of aromatic hydroxyl groups is 1. The molecule has 1 rings (SSSR count). The van der Waals surface area contributed by atoms with E-state index < -0.39 is 39.5 Å². The van der Waals surface area contributed by atoms with Gasteiger partial charge in [-0.1, -0.05) is 6.07 Å². The van der Waals surface area contributed by atoms with Crippen LogP contribution < -0.4 is 5.73 Å². The molecule has 0 aromatic heterocycles. The second-order valence-corrected chi connectivity index (χ2v) is 4.41. The third-order valence-corrected chi connectivity index (χ3v) is 3.13. The van der Waals surface area contributed by atoms with Crippen LogP contribution in [0, 0.1) is 5.82 Å². The second-order valence-electron chi connectivity index (χ2n) is 3.62. The molecular weight excluding hydrogens is 331 g/mol. The molecule has 0 amide bonds. The monoisotopic (exact) mass is 341 g/mol. The summed E-state index contributed by atoms with van der Waals surface area (Å²) in [5.74, 6) is -7.46. The molecule has 0 heterocycles. The van der Waals surface area contributed by atoms with Gasteiger partial charge in [-0.25, -0.2) is 9.18 Å². The van der Waals surface area contributed by atoms with Gasteiger partial charge < -0.3 is 15.6 Å². The molecule has 0 saturated carbocycles. The molecule has 0 saturated heterocycles. The van der Waals surface area contributed by atoms with Crippen LogP contribution in [-0.2, 0) is 9.53 Å². The number of rotatable bonds is 4. The highest BCUT2D eigenvalue weighted by atomic mass is 79.9. The van der Waals surface area contributed by atoms with Crippen LogP contribution in [0.3, 0.4) is 0 Å². The van der Waals surface area contributed by atoms with E-state index in [1.54, 1.807) is 0 Å². The SMILES string of the molecule is CCOC(=O)C(F)(F)[C@@H](N)c1ccc(F)c(Br)c1O. The van der Waals surface area contributed by atoms with Gasteiger partial charge in [0.25, 0.3) is 0 Å². The quantitative estimate of drug-likeness (QED) is 0.825. The zero-order valence-electron chi connectivity index (χ0n) is 9.79. The predicted octanol–water partition coefficient (Wildman–Crippen LogP) is 2.49. The first-order chi connectivity index (χ1) is 8.73. The summed E-state index contributed by atoms with van der Waals surface area (Å²) in [5.41, 5.74) is 4.80. The lowest BCUT2D eigenvalue weighted by molar-refractivity contribution is -0.174. The third-order valence-electron chi connectivity index (χ3n) is 2.37. The maximum absolute atomic E-state index is 13.7. The van der Waals surface area contributed by atoms with Crippen LogP contribution in [0.25, 0.3) is 0 Å². The first-order valence-electron chi connectivity index (χ1n) is 5.20. The Bertz CT molecular complexity index is 496. The summed E-state index contributed by atoms with van der Waals surface area (Å²) in [7, 11) is 0. The van der Waals surface area contributed by atoms with Gasteiger partial charge in [0.1, 0.15) is 17.6 Å². The van der Waals surface area contributed by atoms with Crippen molar-refractivity contribution >= 4 is 21.9 Å². The normalized spacial score (nSPS) is 13.2. The molecule has 0 unspecified atom stereocenters. The van der Waals surface area contributed by atoms with Crippen molar-refractivity contribution in [3.8, 4) is 5.75 Å². The van der Waals surface area contributed by atoms with E-state index in [0.717, 1.165) is 12.1 Å². The molecule has 0 fully saturated rings. The molecule has 0 aliphatic carbocycles. The molecule has 0 aliphatic rings. The van der Waals surface area contributed by atoms with Crippen molar-refractivity contribution < 1.29 is 27.8 Å². The number of hydrogen-bond acceptors (Lipinski definition) is 4. The summed E-state index contributed by atoms with van der Waals surface area (Å²) in [6, 6.07) is -0.420. The van der Waals surface area contributed by atoms with Gasteiger partial charge in [-0.2, -0.15) is 8.78 Å². The Balaban J connectivity index is 3.16. The molecule has 1 aromatic carbocycles. The largest absolute Gasteiger partial charge is 0.506 e. The molecule has 106 valence electrons. The highest BCUT2D eigenvalue weighted by molar-refractivity contribution is 9.10. The number of hydrogen-bond donors (Lipinski definition) is 2. The lowest BCUT2D eigenvalue weighted by Gasteiger charge is -2.22. The molecule has 0 radical (unpaired) electrons. The predicted molar refractivity (Wildman–Crippen MR) is 64.3 cm³/mol. The number of phenolic OH excluding ortho intramolecular Hbond substituents is 1. The van der Waals surface area contributed by atoms with Crippen molar-refractivity contribution in [1.82, 2.24) is 0 Å². The number of halogens is 4. The number of carbonyl (C=O) groups excluding carboxylic acids is 1. The number of nitrogens with two attached hydrogens (primary N) is 1. The molecule has 0 bridgehead atoms. The standard InChI is InChI=1S/C11H11BrF3NO3/c1-2-19-10(18)11(14,15)9(16)5-3-4-6(13)7(12)8(5)17/h3-4,9,17H,2,16H2,1H3/t9-/m0/s1. The van der Waals surface area contributed by atoms with E-state index in [0.29, 0.717) is 0 Å². The summed E-state index contributed by atoms with van der Waals surface area (Å²) in [5, 5.41) is 9.57. The number of carbonyl (C=O) groups is 1. The molecular formula is C11H11BrF3NO3. The van der Waals surface area contributed by atoms with Gasteiger partial charge in [-0.15, -0.1) is 0 Å². The summed E-state index contributed by atoms with van der Waals surface area (Å²) in [6.07, 6.45) is 0. The van der Waals surface area contributed by atoms with Crippen LogP contribution in [0.15, 0.2) is 16.6 Å². The minimum atomic E-state index is -4.04. The van der Waals surface area contributed by atoms with Crippen molar-refractivity contribution in [2.75, 3.05) is 6.61 Å². The highest BCUT2D eigenvalue weighted by Crippen LogP contribution is 2.39. The lowest BCUT2D eigenvalue weighted by Crippen LogP contribution is -2.41. The Kier molecular flexibility index (Phi) is 4.81. The van der Waals surface area contributed by atoms with Gasteiger partial charge >= 0.3 is 11.9 Å². The lowest BCUT2D eigenvalue weighted by atomic mass is 10.0. The van der Waals surface area contributed by atoms with E-state index in [1.165, 1.54) is 6.92 Å². The van der Waals surface area contributed by atoms with Gasteiger partial charge in [0, 0.05) is 5.56 Å². The Morgan fingerprint density at radius 2 is 2.16 bits per heavy atom. The molecule has 0 aliphatic heterocycles. The molecule has 4 nitrogen and oxygen atoms in total. The first-order valence-corrected chi connectivity index (χ1v) is 6.00. The summed E-state index contributed by atoms with van der Waals surface area (Å²) >= 11 is 2.69. The van der Waals surface area contributed by atoms with E-state index >= 15 is 0 Å². The Hall–Kier alpha value is -1.28. The van der Waals surface area contributed by atoms with E-state index in [9.17, 15) is 23.1 Å². The second kappa shape index (κ2) is 5.79. The molecule has 1 aromatic rings. The fourth-order valence-corrected chi connectivity index (χ4v) is 1.72. The van der Waals surface area contributed by atoms with Crippen LogP contribution in [0.5, 0.6) is 5.75 Å². The summed E-state index contributed by atoms with van der Waals surface area (Å²) in [4.78, 5) is 11.1. The fraction of sp³-hybridized carbons (Fsp3) is 0.364. The highest BCUT2D eigenvalue weighted by Gasteiger charge is 2.48. The summed E-state index contributed by atoms with van der Waals surface area (Å²) < 4.78 is 44.2. The minimum absolute atomic E-state index is 0.236. The molecule has 1 atom stereocenters. The molecule has 8 heteroatoms. The van der Waals surface area contributed by atoms with Gasteiger partial charge in [0.15, 0.2) is 0 Å². The van der Waals surface area contributed by atoms with Crippen LogP contribution in [0.2, 0.25) is 0 Å². The van der Waals surface area contributed by atoms with Gasteiger partial charge in [0.05, 0.1) is 11.1 Å². The number of benzene rings is 1. The number of esters is 1. The average molecular weight is 342 g/mol. The van der Waals surface area contributed by atoms with Crippen LogP contribution in [0.4, 0.5) is 13.2 Å². The van der Waals surface area contributed by atoms with Crippen LogP contribution in [0.1, 0.15) is 18.5 Å².